The summed E-state index contributed by atoms with van der Waals surface area (Å²) in [5.74, 6) is 2.87. The van der Waals surface area contributed by atoms with E-state index in [1.54, 1.807) is 13.2 Å². The summed E-state index contributed by atoms with van der Waals surface area (Å²) in [6, 6.07) is 7.79. The highest BCUT2D eigenvalue weighted by molar-refractivity contribution is 6.29. The van der Waals surface area contributed by atoms with Crippen molar-refractivity contribution >= 4 is 17.4 Å². The number of anilines is 1. The molecule has 2 saturated carbocycles. The number of rotatable bonds is 6. The molecule has 2 aliphatic rings. The van der Waals surface area contributed by atoms with E-state index in [0.29, 0.717) is 29.4 Å². The van der Waals surface area contributed by atoms with E-state index in [2.05, 4.69) is 9.88 Å². The summed E-state index contributed by atoms with van der Waals surface area (Å²) in [6.45, 7) is 0.707. The molecule has 0 atom stereocenters. The highest BCUT2D eigenvalue weighted by Gasteiger charge is 2.32. The molecule has 0 amide bonds. The Morgan fingerprint density at radius 1 is 1.21 bits per heavy atom. The average Bonchev–Trinajstić information content (AvgIpc) is 3.46. The standard InChI is InChI=1S/C18H20ClN3O2/c1-24-15-8-11(2-7-14(15)23)10-22(13-5-6-13)17-9-16(19)20-18(21-17)12-3-4-12/h2,7-9,12-13,23H,3-6,10H2,1H3. The van der Waals surface area contributed by atoms with Gasteiger partial charge in [0.1, 0.15) is 16.8 Å². The maximum Gasteiger partial charge on any atom is 0.160 e. The molecule has 1 N–H and O–H groups in total. The van der Waals surface area contributed by atoms with E-state index in [0.717, 1.165) is 42.9 Å². The van der Waals surface area contributed by atoms with Gasteiger partial charge < -0.3 is 14.7 Å². The maximum atomic E-state index is 9.77. The van der Waals surface area contributed by atoms with Gasteiger partial charge >= 0.3 is 0 Å². The first kappa shape index (κ1) is 15.5. The highest BCUT2D eigenvalue weighted by Crippen LogP contribution is 2.40. The third-order valence-electron chi connectivity index (χ3n) is 4.52. The van der Waals surface area contributed by atoms with Gasteiger partial charge in [0.25, 0.3) is 0 Å². The quantitative estimate of drug-likeness (QED) is 0.805. The normalized spacial score (nSPS) is 16.9. The van der Waals surface area contributed by atoms with E-state index in [9.17, 15) is 5.11 Å². The summed E-state index contributed by atoms with van der Waals surface area (Å²) in [5.41, 5.74) is 1.07. The van der Waals surface area contributed by atoms with Crippen LogP contribution in [-0.4, -0.2) is 28.2 Å². The number of hydrogen-bond acceptors (Lipinski definition) is 5. The van der Waals surface area contributed by atoms with Crippen LogP contribution >= 0.6 is 11.6 Å². The second-order valence-corrected chi connectivity index (χ2v) is 6.93. The van der Waals surface area contributed by atoms with Crippen LogP contribution in [0.2, 0.25) is 5.15 Å². The van der Waals surface area contributed by atoms with Gasteiger partial charge in [-0.2, -0.15) is 0 Å². The predicted octanol–water partition coefficient (Wildman–Crippen LogP) is 3.89. The first-order valence-corrected chi connectivity index (χ1v) is 8.69. The van der Waals surface area contributed by atoms with Crippen LogP contribution in [0.15, 0.2) is 24.3 Å². The van der Waals surface area contributed by atoms with Crippen molar-refractivity contribution in [3.05, 3.63) is 40.8 Å². The second-order valence-electron chi connectivity index (χ2n) is 6.55. The number of aromatic nitrogens is 2. The van der Waals surface area contributed by atoms with Crippen LogP contribution < -0.4 is 9.64 Å². The third kappa shape index (κ3) is 3.26. The lowest BCUT2D eigenvalue weighted by Crippen LogP contribution is -2.26. The van der Waals surface area contributed by atoms with Crippen molar-refractivity contribution in [2.45, 2.75) is 44.2 Å². The average molecular weight is 346 g/mol. The molecular weight excluding hydrogens is 326 g/mol. The van der Waals surface area contributed by atoms with Gasteiger partial charge in [0, 0.05) is 24.6 Å². The van der Waals surface area contributed by atoms with Gasteiger partial charge in [-0.1, -0.05) is 17.7 Å². The Hall–Kier alpha value is -2.01. The van der Waals surface area contributed by atoms with Gasteiger partial charge in [-0.3, -0.25) is 0 Å². The Morgan fingerprint density at radius 3 is 2.67 bits per heavy atom. The Balaban J connectivity index is 1.63. The SMILES string of the molecule is COc1cc(CN(c2cc(Cl)nc(C3CC3)n2)C2CC2)ccc1O. The molecule has 5 nitrogen and oxygen atoms in total. The zero-order valence-electron chi connectivity index (χ0n) is 13.6. The fraction of sp³-hybridized carbons (Fsp3) is 0.444. The summed E-state index contributed by atoms with van der Waals surface area (Å²) in [4.78, 5) is 11.4. The number of methoxy groups -OCH3 is 1. The van der Waals surface area contributed by atoms with Crippen molar-refractivity contribution in [3.63, 3.8) is 0 Å². The zero-order chi connectivity index (χ0) is 16.7. The monoisotopic (exact) mass is 345 g/mol. The molecule has 126 valence electrons. The van der Waals surface area contributed by atoms with E-state index < -0.39 is 0 Å². The van der Waals surface area contributed by atoms with Crippen molar-refractivity contribution in [2.24, 2.45) is 0 Å². The molecule has 1 aromatic heterocycles. The van der Waals surface area contributed by atoms with Crippen molar-refractivity contribution < 1.29 is 9.84 Å². The lowest BCUT2D eigenvalue weighted by Gasteiger charge is -2.24. The Labute approximate surface area is 146 Å². The fourth-order valence-corrected chi connectivity index (χ4v) is 3.08. The molecule has 0 aliphatic heterocycles. The molecule has 0 saturated heterocycles. The molecule has 2 aromatic rings. The molecule has 2 aliphatic carbocycles. The van der Waals surface area contributed by atoms with E-state index in [1.807, 2.05) is 18.2 Å². The van der Waals surface area contributed by atoms with Crippen LogP contribution in [0.1, 0.15) is 43.0 Å². The van der Waals surface area contributed by atoms with Gasteiger partial charge in [0.2, 0.25) is 0 Å². The van der Waals surface area contributed by atoms with E-state index in [1.165, 1.54) is 0 Å². The van der Waals surface area contributed by atoms with Crippen molar-refractivity contribution in [1.82, 2.24) is 9.97 Å². The number of nitrogens with zero attached hydrogens (tertiary/aromatic N) is 3. The zero-order valence-corrected chi connectivity index (χ0v) is 14.3. The van der Waals surface area contributed by atoms with Crippen LogP contribution in [0.4, 0.5) is 5.82 Å². The maximum absolute atomic E-state index is 9.77. The van der Waals surface area contributed by atoms with Gasteiger partial charge in [0.15, 0.2) is 11.5 Å². The Morgan fingerprint density at radius 2 is 2.00 bits per heavy atom. The van der Waals surface area contributed by atoms with Gasteiger partial charge in [-0.15, -0.1) is 0 Å². The summed E-state index contributed by atoms with van der Waals surface area (Å²) >= 11 is 6.23. The summed E-state index contributed by atoms with van der Waals surface area (Å²) in [6.07, 6.45) is 4.63. The number of phenols is 1. The molecule has 1 aromatic carbocycles. The van der Waals surface area contributed by atoms with Crippen LogP contribution in [0.5, 0.6) is 11.5 Å². The second kappa shape index (κ2) is 6.13. The largest absolute Gasteiger partial charge is 0.504 e. The number of phenolic OH excluding ortho intramolecular Hbond substituents is 1. The molecule has 1 heterocycles. The molecule has 2 fully saturated rings. The highest BCUT2D eigenvalue weighted by atomic mass is 35.5. The third-order valence-corrected chi connectivity index (χ3v) is 4.71. The van der Waals surface area contributed by atoms with Crippen LogP contribution in [-0.2, 0) is 6.54 Å². The minimum absolute atomic E-state index is 0.153. The van der Waals surface area contributed by atoms with Crippen LogP contribution in [0.25, 0.3) is 0 Å². The van der Waals surface area contributed by atoms with Crippen LogP contribution in [0, 0.1) is 0 Å². The molecular formula is C18H20ClN3O2. The predicted molar refractivity (Wildman–Crippen MR) is 92.9 cm³/mol. The fourth-order valence-electron chi connectivity index (χ4n) is 2.89. The topological polar surface area (TPSA) is 58.5 Å². The lowest BCUT2D eigenvalue weighted by molar-refractivity contribution is 0.373. The first-order chi connectivity index (χ1) is 11.6. The minimum atomic E-state index is 0.153. The minimum Gasteiger partial charge on any atom is -0.504 e. The Kier molecular flexibility index (Phi) is 3.96. The summed E-state index contributed by atoms with van der Waals surface area (Å²) < 4.78 is 5.21. The number of benzene rings is 1. The van der Waals surface area contributed by atoms with E-state index >= 15 is 0 Å². The molecule has 0 bridgehead atoms. The van der Waals surface area contributed by atoms with Gasteiger partial charge in [0.05, 0.1) is 7.11 Å². The van der Waals surface area contributed by atoms with Crippen molar-refractivity contribution in [2.75, 3.05) is 12.0 Å². The smallest absolute Gasteiger partial charge is 0.160 e. The van der Waals surface area contributed by atoms with Crippen molar-refractivity contribution in [1.29, 1.82) is 0 Å². The molecule has 0 spiro atoms. The van der Waals surface area contributed by atoms with E-state index in [4.69, 9.17) is 21.3 Å². The van der Waals surface area contributed by atoms with Crippen molar-refractivity contribution in [3.8, 4) is 11.5 Å². The molecule has 24 heavy (non-hydrogen) atoms. The summed E-state index contributed by atoms with van der Waals surface area (Å²) in [5, 5.41) is 10.3. The van der Waals surface area contributed by atoms with Crippen LogP contribution in [0.3, 0.4) is 0 Å². The first-order valence-electron chi connectivity index (χ1n) is 8.31. The molecule has 6 heteroatoms. The van der Waals surface area contributed by atoms with Gasteiger partial charge in [-0.25, -0.2) is 9.97 Å². The Bertz CT molecular complexity index is 760. The molecule has 0 unspecified atom stereocenters. The number of aromatic hydroxyl groups is 1. The van der Waals surface area contributed by atoms with E-state index in [-0.39, 0.29) is 5.75 Å². The summed E-state index contributed by atoms with van der Waals surface area (Å²) in [7, 11) is 1.56. The lowest BCUT2D eigenvalue weighted by atomic mass is 10.2. The van der Waals surface area contributed by atoms with Gasteiger partial charge in [-0.05, 0) is 43.4 Å². The number of hydrogen-bond donors (Lipinski definition) is 1. The molecule has 0 radical (unpaired) electrons. The number of halogens is 1. The number of ether oxygens (including phenoxy) is 1. The molecule has 4 rings (SSSR count).